The number of esters is 2. The molecule has 0 bridgehead atoms. The molecule has 5 nitrogen and oxygen atoms in total. The molecule has 2 aromatic rings. The van der Waals surface area contributed by atoms with Crippen molar-refractivity contribution in [2.45, 2.75) is 33.1 Å². The molecule has 0 amide bonds. The number of benzene rings is 2. The van der Waals surface area contributed by atoms with Crippen LogP contribution in [0.15, 0.2) is 54.6 Å². The predicted octanol–water partition coefficient (Wildman–Crippen LogP) is 3.79. The Hall–Kier alpha value is -2.95. The summed E-state index contributed by atoms with van der Waals surface area (Å²) in [6, 6.07) is 16.3. The van der Waals surface area contributed by atoms with Crippen molar-refractivity contribution in [1.82, 2.24) is 0 Å². The van der Waals surface area contributed by atoms with Crippen LogP contribution >= 0.6 is 0 Å². The smallest absolute Gasteiger partial charge is 0.317 e. The topological polar surface area (TPSA) is 69.7 Å². The van der Waals surface area contributed by atoms with Crippen LogP contribution in [0.1, 0.15) is 41.8 Å². The fourth-order valence-corrected chi connectivity index (χ4v) is 2.96. The van der Waals surface area contributed by atoms with Crippen LogP contribution in [0, 0.1) is 5.92 Å². The van der Waals surface area contributed by atoms with E-state index in [1.54, 1.807) is 38.1 Å². The third-order valence-corrected chi connectivity index (χ3v) is 4.30. The van der Waals surface area contributed by atoms with E-state index >= 15 is 0 Å². The van der Waals surface area contributed by atoms with Crippen molar-refractivity contribution < 1.29 is 23.9 Å². The SMILES string of the molecule is CCOC(=O)CCc1cccc(CC(C(=O)OCC)C(=O)c2ccccc2)c1. The lowest BCUT2D eigenvalue weighted by Gasteiger charge is -2.15. The zero-order valence-corrected chi connectivity index (χ0v) is 16.4. The van der Waals surface area contributed by atoms with Crippen LogP contribution < -0.4 is 0 Å². The maximum absolute atomic E-state index is 12.9. The average molecular weight is 382 g/mol. The van der Waals surface area contributed by atoms with Crippen LogP contribution in [-0.2, 0) is 31.9 Å². The van der Waals surface area contributed by atoms with Crippen molar-refractivity contribution in [3.8, 4) is 0 Å². The van der Waals surface area contributed by atoms with Crippen molar-refractivity contribution in [3.63, 3.8) is 0 Å². The first kappa shape index (κ1) is 21.4. The first-order valence-corrected chi connectivity index (χ1v) is 9.54. The van der Waals surface area contributed by atoms with Gasteiger partial charge in [-0.15, -0.1) is 0 Å². The molecule has 0 heterocycles. The Morgan fingerprint density at radius 2 is 1.54 bits per heavy atom. The van der Waals surface area contributed by atoms with Gasteiger partial charge in [-0.3, -0.25) is 14.4 Å². The number of hydrogen-bond acceptors (Lipinski definition) is 5. The molecule has 0 spiro atoms. The lowest BCUT2D eigenvalue weighted by Crippen LogP contribution is -2.28. The third kappa shape index (κ3) is 6.34. The van der Waals surface area contributed by atoms with Gasteiger partial charge in [0, 0.05) is 12.0 Å². The van der Waals surface area contributed by atoms with Crippen LogP contribution in [-0.4, -0.2) is 30.9 Å². The number of carbonyl (C=O) groups excluding carboxylic acids is 3. The number of aryl methyl sites for hydroxylation is 1. The van der Waals surface area contributed by atoms with Crippen molar-refractivity contribution in [3.05, 3.63) is 71.3 Å². The fraction of sp³-hybridized carbons (Fsp3) is 0.348. The average Bonchev–Trinajstić information content (AvgIpc) is 2.71. The van der Waals surface area contributed by atoms with Gasteiger partial charge in [-0.05, 0) is 37.8 Å². The van der Waals surface area contributed by atoms with Crippen LogP contribution in [0.5, 0.6) is 0 Å². The second-order valence-corrected chi connectivity index (χ2v) is 6.36. The third-order valence-electron chi connectivity index (χ3n) is 4.30. The van der Waals surface area contributed by atoms with Gasteiger partial charge in [-0.2, -0.15) is 0 Å². The molecule has 1 atom stereocenters. The van der Waals surface area contributed by atoms with E-state index in [4.69, 9.17) is 9.47 Å². The van der Waals surface area contributed by atoms with Crippen molar-refractivity contribution >= 4 is 17.7 Å². The summed E-state index contributed by atoms with van der Waals surface area (Å²) in [6.07, 6.45) is 1.09. The minimum atomic E-state index is -0.900. The summed E-state index contributed by atoms with van der Waals surface area (Å²) in [5.74, 6) is -1.91. The van der Waals surface area contributed by atoms with Crippen LogP contribution in [0.3, 0.4) is 0 Å². The normalized spacial score (nSPS) is 11.5. The Labute approximate surface area is 165 Å². The number of rotatable bonds is 10. The van der Waals surface area contributed by atoms with E-state index in [0.717, 1.165) is 11.1 Å². The van der Waals surface area contributed by atoms with Gasteiger partial charge in [-0.1, -0.05) is 54.6 Å². The molecule has 1 unspecified atom stereocenters. The quantitative estimate of drug-likeness (QED) is 0.355. The highest BCUT2D eigenvalue weighted by molar-refractivity contribution is 6.08. The molecule has 0 saturated carbocycles. The lowest BCUT2D eigenvalue weighted by molar-refractivity contribution is -0.146. The first-order chi connectivity index (χ1) is 13.5. The Bertz CT molecular complexity index is 798. The summed E-state index contributed by atoms with van der Waals surface area (Å²) in [4.78, 5) is 36.9. The highest BCUT2D eigenvalue weighted by Crippen LogP contribution is 2.18. The molecule has 0 N–H and O–H groups in total. The number of ketones is 1. The maximum atomic E-state index is 12.9. The second kappa shape index (κ2) is 11.0. The number of ether oxygens (including phenoxy) is 2. The van der Waals surface area contributed by atoms with Crippen molar-refractivity contribution in [2.75, 3.05) is 13.2 Å². The molecule has 2 rings (SSSR count). The fourth-order valence-electron chi connectivity index (χ4n) is 2.96. The number of hydrogen-bond donors (Lipinski definition) is 0. The molecule has 148 valence electrons. The summed E-state index contributed by atoms with van der Waals surface area (Å²) in [6.45, 7) is 4.08. The summed E-state index contributed by atoms with van der Waals surface area (Å²) in [7, 11) is 0. The Morgan fingerprint density at radius 1 is 0.857 bits per heavy atom. The van der Waals surface area contributed by atoms with E-state index in [-0.39, 0.29) is 24.8 Å². The van der Waals surface area contributed by atoms with E-state index in [2.05, 4.69) is 0 Å². The molecular weight excluding hydrogens is 356 g/mol. The Morgan fingerprint density at radius 3 is 2.21 bits per heavy atom. The molecule has 0 radical (unpaired) electrons. The van der Waals surface area contributed by atoms with Crippen molar-refractivity contribution in [1.29, 1.82) is 0 Å². The summed E-state index contributed by atoms with van der Waals surface area (Å²) in [5.41, 5.74) is 2.29. The minimum absolute atomic E-state index is 0.219. The van der Waals surface area contributed by atoms with E-state index < -0.39 is 11.9 Å². The molecule has 28 heavy (non-hydrogen) atoms. The number of carbonyl (C=O) groups is 3. The molecule has 2 aromatic carbocycles. The second-order valence-electron chi connectivity index (χ2n) is 6.36. The highest BCUT2D eigenvalue weighted by Gasteiger charge is 2.29. The van der Waals surface area contributed by atoms with Gasteiger partial charge in [0.25, 0.3) is 0 Å². The minimum Gasteiger partial charge on any atom is -0.466 e. The van der Waals surface area contributed by atoms with Gasteiger partial charge in [0.2, 0.25) is 0 Å². The number of Topliss-reactive ketones (excluding diaryl/α,β-unsaturated/α-hetero) is 1. The zero-order chi connectivity index (χ0) is 20.4. The lowest BCUT2D eigenvalue weighted by atomic mass is 9.90. The standard InChI is InChI=1S/C23H26O5/c1-3-27-21(24)14-13-17-9-8-10-18(15-17)16-20(23(26)28-4-2)22(25)19-11-6-5-7-12-19/h5-12,15,20H,3-4,13-14,16H2,1-2H3. The van der Waals surface area contributed by atoms with Gasteiger partial charge in [0.05, 0.1) is 13.2 Å². The molecule has 5 heteroatoms. The molecule has 0 saturated heterocycles. The van der Waals surface area contributed by atoms with Gasteiger partial charge in [-0.25, -0.2) is 0 Å². The van der Waals surface area contributed by atoms with E-state index in [1.807, 2.05) is 30.3 Å². The first-order valence-electron chi connectivity index (χ1n) is 9.54. The van der Waals surface area contributed by atoms with Crippen LogP contribution in [0.25, 0.3) is 0 Å². The zero-order valence-electron chi connectivity index (χ0n) is 16.4. The highest BCUT2D eigenvalue weighted by atomic mass is 16.5. The maximum Gasteiger partial charge on any atom is 0.317 e. The molecule has 0 fully saturated rings. The predicted molar refractivity (Wildman–Crippen MR) is 106 cm³/mol. The van der Waals surface area contributed by atoms with E-state index in [0.29, 0.717) is 25.0 Å². The van der Waals surface area contributed by atoms with E-state index in [9.17, 15) is 14.4 Å². The largest absolute Gasteiger partial charge is 0.466 e. The van der Waals surface area contributed by atoms with E-state index in [1.165, 1.54) is 0 Å². The molecule has 0 aliphatic rings. The summed E-state index contributed by atoms with van der Waals surface area (Å²) in [5, 5.41) is 0. The van der Waals surface area contributed by atoms with Crippen LogP contribution in [0.2, 0.25) is 0 Å². The molecule has 0 aromatic heterocycles. The van der Waals surface area contributed by atoms with Gasteiger partial charge in [0.1, 0.15) is 5.92 Å². The molecular formula is C23H26O5. The van der Waals surface area contributed by atoms with Crippen molar-refractivity contribution in [2.24, 2.45) is 5.92 Å². The summed E-state index contributed by atoms with van der Waals surface area (Å²) >= 11 is 0. The van der Waals surface area contributed by atoms with Gasteiger partial charge in [0.15, 0.2) is 5.78 Å². The molecule has 0 aliphatic carbocycles. The van der Waals surface area contributed by atoms with Crippen LogP contribution in [0.4, 0.5) is 0 Å². The summed E-state index contributed by atoms with van der Waals surface area (Å²) < 4.78 is 10.1. The molecule has 0 aliphatic heterocycles. The Kier molecular flexibility index (Phi) is 8.40. The Balaban J connectivity index is 2.15. The monoisotopic (exact) mass is 382 g/mol. The van der Waals surface area contributed by atoms with Gasteiger partial charge < -0.3 is 9.47 Å². The van der Waals surface area contributed by atoms with Gasteiger partial charge >= 0.3 is 11.9 Å².